The number of thioether (sulfide) groups is 1. The van der Waals surface area contributed by atoms with Gasteiger partial charge in [-0.05, 0) is 24.7 Å². The van der Waals surface area contributed by atoms with Crippen LogP contribution in [-0.2, 0) is 33.2 Å². The highest BCUT2D eigenvalue weighted by molar-refractivity contribution is 7.99. The summed E-state index contributed by atoms with van der Waals surface area (Å²) in [6.45, 7) is 1.86. The second-order valence-corrected chi connectivity index (χ2v) is 12.6. The molecule has 0 aliphatic carbocycles. The highest BCUT2D eigenvalue weighted by atomic mass is 32.2. The monoisotopic (exact) mass is 703 g/mol. The second kappa shape index (κ2) is 19.9. The molecule has 274 valence electrons. The number of aliphatic hydroxyl groups is 10. The third-order valence-electron chi connectivity index (χ3n) is 8.02. The number of carbonyl (C=O) groups excluding carboxylic acids is 1. The predicted octanol–water partition coefficient (Wildman–Crippen LogP) is -5.34. The minimum absolute atomic E-state index is 0.183. The number of ether oxygens (including phenoxy) is 6. The van der Waals surface area contributed by atoms with Gasteiger partial charge >= 0.3 is 0 Å². The third-order valence-corrected chi connectivity index (χ3v) is 9.09. The van der Waals surface area contributed by atoms with Crippen molar-refractivity contribution in [3.8, 4) is 0 Å². The van der Waals surface area contributed by atoms with Crippen LogP contribution in [-0.4, -0.2) is 194 Å². The molecule has 0 saturated carbocycles. The first-order chi connectivity index (χ1) is 22.5. The van der Waals surface area contributed by atoms with Crippen LogP contribution in [0.1, 0.15) is 19.3 Å². The van der Waals surface area contributed by atoms with E-state index in [4.69, 9.17) is 28.4 Å². The minimum Gasteiger partial charge on any atom is -0.394 e. The van der Waals surface area contributed by atoms with Crippen molar-refractivity contribution in [1.29, 1.82) is 0 Å². The third kappa shape index (κ3) is 10.7. The van der Waals surface area contributed by atoms with Gasteiger partial charge in [-0.3, -0.25) is 4.79 Å². The van der Waals surface area contributed by atoms with Gasteiger partial charge in [0.1, 0.15) is 73.2 Å². The number of hydrogen-bond donors (Lipinski definition) is 11. The molecule has 47 heavy (non-hydrogen) atoms. The zero-order valence-corrected chi connectivity index (χ0v) is 26.6. The molecule has 19 heteroatoms. The maximum absolute atomic E-state index is 11.1. The van der Waals surface area contributed by atoms with Crippen LogP contribution in [0.15, 0.2) is 12.7 Å². The highest BCUT2D eigenvalue weighted by Crippen LogP contribution is 2.32. The van der Waals surface area contributed by atoms with E-state index in [9.17, 15) is 55.9 Å². The number of nitrogens with one attached hydrogen (secondary N) is 1. The Labute approximate surface area is 275 Å². The fraction of sp³-hybridized carbons (Fsp3) is 0.893. The Morgan fingerprint density at radius 3 is 1.72 bits per heavy atom. The molecule has 0 unspecified atom stereocenters. The van der Waals surface area contributed by atoms with Crippen molar-refractivity contribution >= 4 is 17.7 Å². The summed E-state index contributed by atoms with van der Waals surface area (Å²) in [4.78, 5) is 11.1. The average molecular weight is 704 g/mol. The quantitative estimate of drug-likeness (QED) is 0.0469. The minimum atomic E-state index is -1.91. The molecule has 0 aromatic rings. The van der Waals surface area contributed by atoms with Gasteiger partial charge in [-0.2, -0.15) is 11.8 Å². The van der Waals surface area contributed by atoms with Crippen LogP contribution in [0.25, 0.3) is 0 Å². The fourth-order valence-corrected chi connectivity index (χ4v) is 6.14. The molecule has 0 aromatic carbocycles. The summed E-state index contributed by atoms with van der Waals surface area (Å²) in [7, 11) is 0. The lowest BCUT2D eigenvalue weighted by Crippen LogP contribution is -2.66. The van der Waals surface area contributed by atoms with Crippen LogP contribution in [0.3, 0.4) is 0 Å². The summed E-state index contributed by atoms with van der Waals surface area (Å²) in [6, 6.07) is 0. The number of amides is 1. The maximum atomic E-state index is 11.1. The Balaban J connectivity index is 1.49. The molecule has 3 aliphatic heterocycles. The number of rotatable bonds is 18. The van der Waals surface area contributed by atoms with Gasteiger partial charge in [-0.25, -0.2) is 0 Å². The predicted molar refractivity (Wildman–Crippen MR) is 159 cm³/mol. The van der Waals surface area contributed by atoms with Gasteiger partial charge in [0.05, 0.1) is 19.8 Å². The van der Waals surface area contributed by atoms with E-state index in [-0.39, 0.29) is 12.5 Å². The molecule has 3 aliphatic rings. The van der Waals surface area contributed by atoms with Crippen molar-refractivity contribution in [3.05, 3.63) is 12.7 Å². The SMILES string of the molecule is C=CC(=O)NCCSCCCCCO[C@@H]1O[C@H](CO)[C@@H](O[C@@H]2O[C@H](CO)[C@H](O[C@H]3O[C@H](CO)[C@H](O)[C@H](O)[C@H]3O)[C@H](O)[C@H]2O)[C@H](O)[C@H]1O. The van der Waals surface area contributed by atoms with E-state index < -0.39 is 112 Å². The zero-order valence-electron chi connectivity index (χ0n) is 25.8. The van der Waals surface area contributed by atoms with Crippen LogP contribution in [0.5, 0.6) is 0 Å². The molecule has 0 bridgehead atoms. The zero-order chi connectivity index (χ0) is 34.7. The van der Waals surface area contributed by atoms with E-state index in [2.05, 4.69) is 11.9 Å². The lowest BCUT2D eigenvalue weighted by molar-refractivity contribution is -0.379. The Morgan fingerprint density at radius 2 is 1.17 bits per heavy atom. The number of aliphatic hydroxyl groups excluding tert-OH is 10. The molecule has 3 heterocycles. The van der Waals surface area contributed by atoms with Crippen molar-refractivity contribution < 1.29 is 84.3 Å². The van der Waals surface area contributed by atoms with E-state index in [1.165, 1.54) is 6.08 Å². The molecule has 11 N–H and O–H groups in total. The van der Waals surface area contributed by atoms with Crippen molar-refractivity contribution in [3.63, 3.8) is 0 Å². The first kappa shape index (κ1) is 40.4. The van der Waals surface area contributed by atoms with Crippen LogP contribution in [0.2, 0.25) is 0 Å². The molecule has 18 nitrogen and oxygen atoms in total. The van der Waals surface area contributed by atoms with Gasteiger partial charge in [0.2, 0.25) is 5.91 Å². The van der Waals surface area contributed by atoms with Gasteiger partial charge in [0.15, 0.2) is 18.9 Å². The molecule has 3 saturated heterocycles. The first-order valence-corrected chi connectivity index (χ1v) is 16.6. The van der Waals surface area contributed by atoms with E-state index in [1.54, 1.807) is 11.8 Å². The van der Waals surface area contributed by atoms with Crippen LogP contribution >= 0.6 is 11.8 Å². The van der Waals surface area contributed by atoms with Crippen molar-refractivity contribution in [1.82, 2.24) is 5.32 Å². The molecule has 15 atom stereocenters. The van der Waals surface area contributed by atoms with Gasteiger partial charge in [-0.1, -0.05) is 13.0 Å². The fourth-order valence-electron chi connectivity index (χ4n) is 5.28. The van der Waals surface area contributed by atoms with Gasteiger partial charge in [0.25, 0.3) is 0 Å². The Bertz CT molecular complexity index is 933. The number of carbonyl (C=O) groups is 1. The Hall–Kier alpha value is -1.08. The number of unbranched alkanes of at least 4 members (excludes halogenated alkanes) is 2. The highest BCUT2D eigenvalue weighted by Gasteiger charge is 2.53. The summed E-state index contributed by atoms with van der Waals surface area (Å²) in [5, 5.41) is 105. The summed E-state index contributed by atoms with van der Waals surface area (Å²) in [6.07, 6.45) is -20.7. The topological polar surface area (TPSA) is 287 Å². The molecule has 0 radical (unpaired) electrons. The average Bonchev–Trinajstić information content (AvgIpc) is 3.07. The van der Waals surface area contributed by atoms with Crippen LogP contribution < -0.4 is 5.32 Å². The molecule has 1 amide bonds. The van der Waals surface area contributed by atoms with Gasteiger partial charge < -0.3 is 84.8 Å². The molecular formula is C28H49NO17S. The van der Waals surface area contributed by atoms with Crippen LogP contribution in [0, 0.1) is 0 Å². The summed E-state index contributed by atoms with van der Waals surface area (Å²) < 4.78 is 33.2. The van der Waals surface area contributed by atoms with E-state index >= 15 is 0 Å². The molecule has 0 spiro atoms. The first-order valence-electron chi connectivity index (χ1n) is 15.4. The summed E-state index contributed by atoms with van der Waals surface area (Å²) in [5.41, 5.74) is 0. The van der Waals surface area contributed by atoms with E-state index in [0.29, 0.717) is 13.0 Å². The summed E-state index contributed by atoms with van der Waals surface area (Å²) >= 11 is 1.69. The van der Waals surface area contributed by atoms with E-state index in [1.807, 2.05) is 0 Å². The van der Waals surface area contributed by atoms with Crippen molar-refractivity contribution in [2.45, 2.75) is 111 Å². The normalized spacial score (nSPS) is 41.0. The van der Waals surface area contributed by atoms with E-state index in [0.717, 1.165) is 24.3 Å². The summed E-state index contributed by atoms with van der Waals surface area (Å²) in [5.74, 6) is 1.42. The smallest absolute Gasteiger partial charge is 0.243 e. The van der Waals surface area contributed by atoms with Crippen molar-refractivity contribution in [2.75, 3.05) is 44.5 Å². The number of hydrogen-bond acceptors (Lipinski definition) is 18. The largest absolute Gasteiger partial charge is 0.394 e. The standard InChI is InChI=1S/C28H49NO17S/c1-2-16(33)29-6-9-47-8-5-3-4-7-41-26-22(39)19(36)24(14(11-31)43-26)46-28-23(40)20(37)25(15(12-32)44-28)45-27-21(38)18(35)17(34)13(10-30)42-27/h2,13-15,17-28,30-32,34-40H,1,3-12H2,(H,29,33)/t13-,14-,15-,17+,18+,19-,20-,21-,22-,23-,24-,25+,26-,27-,28+/m1/s1. The van der Waals surface area contributed by atoms with Gasteiger partial charge in [0, 0.05) is 18.9 Å². The maximum Gasteiger partial charge on any atom is 0.243 e. The lowest BCUT2D eigenvalue weighted by atomic mass is 9.96. The molecule has 0 aromatic heterocycles. The van der Waals surface area contributed by atoms with Crippen LogP contribution in [0.4, 0.5) is 0 Å². The van der Waals surface area contributed by atoms with Crippen molar-refractivity contribution in [2.24, 2.45) is 0 Å². The Kier molecular flexibility index (Phi) is 17.1. The second-order valence-electron chi connectivity index (χ2n) is 11.4. The molecule has 3 fully saturated rings. The molecule has 3 rings (SSSR count). The Morgan fingerprint density at radius 1 is 0.660 bits per heavy atom. The molecular weight excluding hydrogens is 654 g/mol. The van der Waals surface area contributed by atoms with Gasteiger partial charge in [-0.15, -0.1) is 0 Å². The lowest BCUT2D eigenvalue weighted by Gasteiger charge is -2.48.